The average molecular weight is 372 g/mol. The number of fused-ring (bicyclic) bond motifs is 1. The fourth-order valence-electron chi connectivity index (χ4n) is 3.14. The van der Waals surface area contributed by atoms with E-state index in [9.17, 15) is 10.2 Å². The zero-order valence-corrected chi connectivity index (χ0v) is 15.1. The van der Waals surface area contributed by atoms with Crippen LogP contribution in [0.25, 0.3) is 0 Å². The van der Waals surface area contributed by atoms with Crippen molar-refractivity contribution in [3.8, 4) is 17.2 Å². The van der Waals surface area contributed by atoms with Gasteiger partial charge >= 0.3 is 0 Å². The Labute approximate surface area is 163 Å². The maximum Gasteiger partial charge on any atom is 0.192 e. The van der Waals surface area contributed by atoms with Gasteiger partial charge in [0.2, 0.25) is 0 Å². The molecule has 0 aliphatic carbocycles. The third-order valence-corrected chi connectivity index (χ3v) is 4.61. The van der Waals surface area contributed by atoms with Gasteiger partial charge in [-0.1, -0.05) is 42.5 Å². The van der Waals surface area contributed by atoms with Gasteiger partial charge in [-0.05, 0) is 30.3 Å². The molecule has 0 bridgehead atoms. The first-order valence-corrected chi connectivity index (χ1v) is 9.08. The van der Waals surface area contributed by atoms with Gasteiger partial charge in [-0.3, -0.25) is 4.99 Å². The van der Waals surface area contributed by atoms with Crippen LogP contribution in [-0.2, 0) is 0 Å². The molecule has 0 saturated carbocycles. The summed E-state index contributed by atoms with van der Waals surface area (Å²) in [7, 11) is 0. The first-order chi connectivity index (χ1) is 13.7. The highest BCUT2D eigenvalue weighted by atomic mass is 16.5. The summed E-state index contributed by atoms with van der Waals surface area (Å²) >= 11 is 0. The Morgan fingerprint density at radius 3 is 2.00 bits per heavy atom. The van der Waals surface area contributed by atoms with Gasteiger partial charge in [0.1, 0.15) is 17.2 Å². The molecule has 0 spiro atoms. The van der Waals surface area contributed by atoms with E-state index in [-0.39, 0.29) is 17.5 Å². The minimum atomic E-state index is -0.416. The molecule has 2 N–H and O–H groups in total. The van der Waals surface area contributed by atoms with E-state index in [1.165, 1.54) is 0 Å². The van der Waals surface area contributed by atoms with Crippen molar-refractivity contribution in [2.24, 2.45) is 9.98 Å². The van der Waals surface area contributed by atoms with E-state index in [1.807, 2.05) is 42.5 Å². The van der Waals surface area contributed by atoms with Gasteiger partial charge in [-0.2, -0.15) is 0 Å². The number of hydrogen-bond acceptors (Lipinski definition) is 5. The number of aromatic hydroxyl groups is 2. The molecular formula is C23H20N2O3. The van der Waals surface area contributed by atoms with Crippen LogP contribution < -0.4 is 4.74 Å². The third-order valence-electron chi connectivity index (χ3n) is 4.61. The predicted molar refractivity (Wildman–Crippen MR) is 110 cm³/mol. The van der Waals surface area contributed by atoms with E-state index in [2.05, 4.69) is 4.99 Å². The van der Waals surface area contributed by atoms with E-state index < -0.39 is 6.23 Å². The number of phenols is 2. The average Bonchev–Trinajstić information content (AvgIpc) is 2.72. The van der Waals surface area contributed by atoms with Crippen LogP contribution in [0.1, 0.15) is 29.2 Å². The number of aliphatic imine (C=N–C) groups is 2. The van der Waals surface area contributed by atoms with Crippen molar-refractivity contribution in [2.45, 2.75) is 18.7 Å². The van der Waals surface area contributed by atoms with Crippen molar-refractivity contribution in [3.63, 3.8) is 0 Å². The van der Waals surface area contributed by atoms with Crippen molar-refractivity contribution in [3.05, 3.63) is 89.5 Å². The Bertz CT molecular complexity index is 1030. The molecule has 2 atom stereocenters. The van der Waals surface area contributed by atoms with Crippen molar-refractivity contribution in [2.75, 3.05) is 0 Å². The quantitative estimate of drug-likeness (QED) is 0.663. The van der Waals surface area contributed by atoms with Crippen LogP contribution in [0.3, 0.4) is 0 Å². The summed E-state index contributed by atoms with van der Waals surface area (Å²) in [6.07, 6.45) is 3.45. The minimum Gasteiger partial charge on any atom is -0.507 e. The normalized spacial score (nSPS) is 18.9. The molecule has 1 heterocycles. The highest BCUT2D eigenvalue weighted by molar-refractivity contribution is 5.84. The van der Waals surface area contributed by atoms with Crippen LogP contribution in [0.4, 0.5) is 0 Å². The zero-order chi connectivity index (χ0) is 19.3. The summed E-state index contributed by atoms with van der Waals surface area (Å²) in [6, 6.07) is 21.7. The summed E-state index contributed by atoms with van der Waals surface area (Å²) in [5.41, 5.74) is 2.29. The maximum atomic E-state index is 9.96. The molecule has 4 rings (SSSR count). The number of ether oxygens (including phenoxy) is 1. The molecule has 5 heteroatoms. The Balaban J connectivity index is 1.59. The van der Waals surface area contributed by atoms with Crippen molar-refractivity contribution < 1.29 is 14.9 Å². The lowest BCUT2D eigenvalue weighted by atomic mass is 9.99. The van der Waals surface area contributed by atoms with E-state index in [0.717, 1.165) is 11.3 Å². The summed E-state index contributed by atoms with van der Waals surface area (Å²) in [5.74, 6) is 1.12. The highest BCUT2D eigenvalue weighted by Crippen LogP contribution is 2.37. The first kappa shape index (κ1) is 17.8. The van der Waals surface area contributed by atoms with E-state index in [0.29, 0.717) is 17.5 Å². The Morgan fingerprint density at radius 1 is 0.750 bits per heavy atom. The molecule has 0 amide bonds. The third kappa shape index (κ3) is 3.88. The smallest absolute Gasteiger partial charge is 0.192 e. The van der Waals surface area contributed by atoms with Gasteiger partial charge in [-0.15, -0.1) is 0 Å². The number of benzene rings is 3. The monoisotopic (exact) mass is 372 g/mol. The highest BCUT2D eigenvalue weighted by Gasteiger charge is 2.27. The molecule has 0 saturated heterocycles. The molecule has 1 aliphatic heterocycles. The van der Waals surface area contributed by atoms with Gasteiger partial charge in [0.15, 0.2) is 6.23 Å². The van der Waals surface area contributed by atoms with Crippen LogP contribution in [0.2, 0.25) is 0 Å². The van der Waals surface area contributed by atoms with Gasteiger partial charge in [-0.25, -0.2) is 4.99 Å². The molecule has 0 aromatic heterocycles. The van der Waals surface area contributed by atoms with Crippen LogP contribution in [0.5, 0.6) is 17.2 Å². The van der Waals surface area contributed by atoms with Crippen LogP contribution >= 0.6 is 0 Å². The number of hydrogen-bond donors (Lipinski definition) is 2. The number of para-hydroxylation sites is 3. The van der Waals surface area contributed by atoms with Crippen molar-refractivity contribution >= 4 is 12.4 Å². The van der Waals surface area contributed by atoms with Gasteiger partial charge in [0, 0.05) is 35.5 Å². The largest absolute Gasteiger partial charge is 0.507 e. The predicted octanol–water partition coefficient (Wildman–Crippen LogP) is 4.49. The second-order valence-electron chi connectivity index (χ2n) is 6.54. The topological polar surface area (TPSA) is 74.4 Å². The Kier molecular flexibility index (Phi) is 5.06. The molecule has 2 unspecified atom stereocenters. The van der Waals surface area contributed by atoms with E-state index in [1.54, 1.807) is 42.8 Å². The number of nitrogens with zero attached hydrogens (tertiary/aromatic N) is 2. The fourth-order valence-corrected chi connectivity index (χ4v) is 3.14. The van der Waals surface area contributed by atoms with E-state index >= 15 is 0 Å². The molecule has 3 aromatic rings. The summed E-state index contributed by atoms with van der Waals surface area (Å²) in [4.78, 5) is 9.20. The lowest BCUT2D eigenvalue weighted by Gasteiger charge is -2.28. The van der Waals surface area contributed by atoms with Crippen LogP contribution in [0.15, 0.2) is 82.8 Å². The standard InChI is InChI=1S/C23H20N2O3/c26-20-10-4-1-7-16(20)14-24-19-13-23(28-22-12-6-3-9-18(19)22)25-15-17-8-2-5-11-21(17)27/h1-12,14-15,19,23,26-27H,13H2/b24-14?,25-15+. The minimum absolute atomic E-state index is 0.143. The molecule has 28 heavy (non-hydrogen) atoms. The molecular weight excluding hydrogens is 352 g/mol. The maximum absolute atomic E-state index is 9.96. The van der Waals surface area contributed by atoms with E-state index in [4.69, 9.17) is 9.73 Å². The molecule has 3 aromatic carbocycles. The summed E-state index contributed by atoms with van der Waals surface area (Å²) in [6.45, 7) is 0. The SMILES string of the molecule is Oc1ccccc1C=NC1CC(/N=C/c2ccccc2O)Oc2ccccc21. The van der Waals surface area contributed by atoms with Gasteiger partial charge in [0.25, 0.3) is 0 Å². The zero-order valence-electron chi connectivity index (χ0n) is 15.1. The molecule has 140 valence electrons. The van der Waals surface area contributed by atoms with Crippen molar-refractivity contribution in [1.82, 2.24) is 0 Å². The fraction of sp³-hybridized carbons (Fsp3) is 0.130. The molecule has 1 aliphatic rings. The molecule has 0 fully saturated rings. The van der Waals surface area contributed by atoms with Crippen LogP contribution in [-0.4, -0.2) is 28.9 Å². The summed E-state index contributed by atoms with van der Waals surface area (Å²) < 4.78 is 6.00. The second-order valence-corrected chi connectivity index (χ2v) is 6.54. The first-order valence-electron chi connectivity index (χ1n) is 9.08. The number of rotatable bonds is 4. The van der Waals surface area contributed by atoms with Gasteiger partial charge in [0.05, 0.1) is 6.04 Å². The summed E-state index contributed by atoms with van der Waals surface area (Å²) in [5, 5.41) is 19.9. The van der Waals surface area contributed by atoms with Crippen molar-refractivity contribution in [1.29, 1.82) is 0 Å². The van der Waals surface area contributed by atoms with Gasteiger partial charge < -0.3 is 14.9 Å². The van der Waals surface area contributed by atoms with Crippen LogP contribution in [0, 0.1) is 0 Å². The number of phenolic OH excluding ortho intramolecular Hbond substituents is 2. The Morgan fingerprint density at radius 2 is 1.32 bits per heavy atom. The molecule has 0 radical (unpaired) electrons. The molecule has 5 nitrogen and oxygen atoms in total. The second kappa shape index (κ2) is 7.96. The lowest BCUT2D eigenvalue weighted by molar-refractivity contribution is 0.169. The Hall–Kier alpha value is -3.60. The lowest BCUT2D eigenvalue weighted by Crippen LogP contribution is -2.23.